The van der Waals surface area contributed by atoms with Crippen molar-refractivity contribution in [1.29, 1.82) is 0 Å². The first-order valence-corrected chi connectivity index (χ1v) is 3.52. The highest BCUT2D eigenvalue weighted by Gasteiger charge is 2.28. The lowest BCUT2D eigenvalue weighted by Crippen LogP contribution is -2.23. The maximum atomic E-state index is 10.7. The van der Waals surface area contributed by atoms with Crippen molar-refractivity contribution in [3.05, 3.63) is 12.3 Å². The van der Waals surface area contributed by atoms with Gasteiger partial charge in [-0.3, -0.25) is 14.9 Å². The van der Waals surface area contributed by atoms with Crippen LogP contribution in [0.25, 0.3) is 0 Å². The van der Waals surface area contributed by atoms with Crippen LogP contribution in [0.3, 0.4) is 0 Å². The van der Waals surface area contributed by atoms with Gasteiger partial charge in [0, 0.05) is 0 Å². The number of carbonyl (C=O) groups excluding carboxylic acids is 2. The summed E-state index contributed by atoms with van der Waals surface area (Å²) >= 11 is 0.932. The molecule has 1 atom stereocenters. The molecule has 3 N–H and O–H groups in total. The molecule has 0 aromatic carbocycles. The highest BCUT2D eigenvalue weighted by atomic mass is 32.2. The normalized spacial score (nSPS) is 25.8. The first kappa shape index (κ1) is 7.14. The number of nitrogens with one attached hydrogen (secondary N) is 1. The molecular formula is C5H6N2O2S. The molecule has 54 valence electrons. The van der Waals surface area contributed by atoms with Crippen LogP contribution in [-0.2, 0) is 4.79 Å². The van der Waals surface area contributed by atoms with Crippen molar-refractivity contribution in [3.8, 4) is 0 Å². The lowest BCUT2D eigenvalue weighted by atomic mass is 10.4. The number of amides is 2. The Labute approximate surface area is 61.8 Å². The Hall–Kier alpha value is -0.970. The van der Waals surface area contributed by atoms with Crippen LogP contribution in [-0.4, -0.2) is 16.4 Å². The fraction of sp³-hybridized carbons (Fsp3) is 0.200. The van der Waals surface area contributed by atoms with Gasteiger partial charge in [0.2, 0.25) is 5.91 Å². The number of nitrogens with two attached hydrogens (primary N) is 1. The predicted octanol–water partition coefficient (Wildman–Crippen LogP) is -0.190. The van der Waals surface area contributed by atoms with Crippen molar-refractivity contribution in [3.63, 3.8) is 0 Å². The topological polar surface area (TPSA) is 72.2 Å². The molecule has 0 aromatic rings. The first-order chi connectivity index (χ1) is 4.74. The average molecular weight is 158 g/mol. The zero-order valence-corrected chi connectivity index (χ0v) is 5.85. The van der Waals surface area contributed by atoms with E-state index < -0.39 is 5.25 Å². The van der Waals surface area contributed by atoms with Gasteiger partial charge in [-0.15, -0.1) is 0 Å². The van der Waals surface area contributed by atoms with E-state index in [4.69, 9.17) is 5.73 Å². The number of thioether (sulfide) groups is 1. The molecule has 1 unspecified atom stereocenters. The monoisotopic (exact) mass is 158 g/mol. The van der Waals surface area contributed by atoms with Crippen LogP contribution in [0, 0.1) is 0 Å². The molecule has 10 heavy (non-hydrogen) atoms. The van der Waals surface area contributed by atoms with Gasteiger partial charge in [-0.25, -0.2) is 0 Å². The molecule has 4 nitrogen and oxygen atoms in total. The van der Waals surface area contributed by atoms with Crippen LogP contribution in [0.4, 0.5) is 4.79 Å². The summed E-state index contributed by atoms with van der Waals surface area (Å²) in [5.41, 5.74) is 5.03. The Balaban J connectivity index is 2.63. The fourth-order valence-electron chi connectivity index (χ4n) is 0.598. The van der Waals surface area contributed by atoms with Gasteiger partial charge in [0.05, 0.1) is 0 Å². The van der Waals surface area contributed by atoms with Crippen LogP contribution < -0.4 is 11.1 Å². The van der Waals surface area contributed by atoms with Crippen molar-refractivity contribution in [2.24, 2.45) is 5.73 Å². The molecule has 1 aliphatic heterocycles. The molecular weight excluding hydrogens is 152 g/mol. The first-order valence-electron chi connectivity index (χ1n) is 2.64. The molecule has 1 rings (SSSR count). The van der Waals surface area contributed by atoms with E-state index >= 15 is 0 Å². The van der Waals surface area contributed by atoms with E-state index in [1.54, 1.807) is 0 Å². The Kier molecular flexibility index (Phi) is 1.96. The van der Waals surface area contributed by atoms with E-state index in [9.17, 15) is 9.59 Å². The van der Waals surface area contributed by atoms with E-state index in [0.717, 1.165) is 11.8 Å². The van der Waals surface area contributed by atoms with Gasteiger partial charge in [-0.1, -0.05) is 0 Å². The van der Waals surface area contributed by atoms with Crippen LogP contribution >= 0.6 is 11.8 Å². The molecule has 0 radical (unpaired) electrons. The quantitative estimate of drug-likeness (QED) is 0.554. The Morgan fingerprint density at radius 2 is 2.30 bits per heavy atom. The predicted molar refractivity (Wildman–Crippen MR) is 38.2 cm³/mol. The van der Waals surface area contributed by atoms with Crippen molar-refractivity contribution < 1.29 is 9.59 Å². The fourth-order valence-corrected chi connectivity index (χ4v) is 1.32. The van der Waals surface area contributed by atoms with Gasteiger partial charge >= 0.3 is 0 Å². The largest absolute Gasteiger partial charge is 0.405 e. The smallest absolute Gasteiger partial charge is 0.286 e. The summed E-state index contributed by atoms with van der Waals surface area (Å²) in [7, 11) is 0. The molecule has 0 aliphatic carbocycles. The molecule has 0 bridgehead atoms. The zero-order valence-electron chi connectivity index (χ0n) is 5.03. The van der Waals surface area contributed by atoms with Crippen molar-refractivity contribution >= 4 is 22.9 Å². The molecule has 0 spiro atoms. The summed E-state index contributed by atoms with van der Waals surface area (Å²) < 4.78 is 0. The summed E-state index contributed by atoms with van der Waals surface area (Å²) in [4.78, 5) is 21.2. The Bertz CT molecular complexity index is 202. The van der Waals surface area contributed by atoms with Crippen molar-refractivity contribution in [2.45, 2.75) is 5.25 Å². The van der Waals surface area contributed by atoms with Gasteiger partial charge in [-0.05, 0) is 24.0 Å². The number of hydrogen-bond donors (Lipinski definition) is 2. The summed E-state index contributed by atoms with van der Waals surface area (Å²) in [5, 5.41) is 1.39. The Morgan fingerprint density at radius 1 is 1.60 bits per heavy atom. The van der Waals surface area contributed by atoms with Crippen molar-refractivity contribution in [2.75, 3.05) is 0 Å². The number of imide groups is 1. The third-order valence-corrected chi connectivity index (χ3v) is 1.94. The van der Waals surface area contributed by atoms with E-state index in [-0.39, 0.29) is 11.1 Å². The number of carbonyl (C=O) groups is 2. The zero-order chi connectivity index (χ0) is 7.56. The highest BCUT2D eigenvalue weighted by Crippen LogP contribution is 2.19. The number of rotatable bonds is 1. The second kappa shape index (κ2) is 2.74. The summed E-state index contributed by atoms with van der Waals surface area (Å²) in [6, 6.07) is 0. The molecule has 0 aromatic heterocycles. The Morgan fingerprint density at radius 3 is 2.70 bits per heavy atom. The van der Waals surface area contributed by atoms with Crippen molar-refractivity contribution in [1.82, 2.24) is 5.32 Å². The van der Waals surface area contributed by atoms with E-state index in [0.29, 0.717) is 0 Å². The van der Waals surface area contributed by atoms with E-state index in [1.165, 1.54) is 12.3 Å². The highest BCUT2D eigenvalue weighted by molar-refractivity contribution is 8.15. The molecule has 1 aliphatic rings. The standard InChI is InChI=1S/C5H6N2O2S/c6-2-1-3-4(8)7-5(9)10-3/h1-3H,6H2,(H,7,8,9). The van der Waals surface area contributed by atoms with Gasteiger partial charge in [0.25, 0.3) is 5.24 Å². The molecule has 1 fully saturated rings. The van der Waals surface area contributed by atoms with Gasteiger partial charge in [0.15, 0.2) is 0 Å². The van der Waals surface area contributed by atoms with Crippen LogP contribution in [0.15, 0.2) is 12.3 Å². The third kappa shape index (κ3) is 1.30. The molecule has 2 amide bonds. The van der Waals surface area contributed by atoms with E-state index in [2.05, 4.69) is 5.32 Å². The minimum absolute atomic E-state index is 0.295. The molecule has 0 saturated carbocycles. The minimum Gasteiger partial charge on any atom is -0.405 e. The maximum Gasteiger partial charge on any atom is 0.286 e. The average Bonchev–Trinajstić information content (AvgIpc) is 2.13. The molecule has 5 heteroatoms. The lowest BCUT2D eigenvalue weighted by Gasteiger charge is -1.91. The minimum atomic E-state index is -0.433. The van der Waals surface area contributed by atoms with Crippen LogP contribution in [0.1, 0.15) is 0 Å². The summed E-state index contributed by atoms with van der Waals surface area (Å²) in [5.74, 6) is -0.295. The second-order valence-electron chi connectivity index (χ2n) is 1.70. The van der Waals surface area contributed by atoms with E-state index in [1.807, 2.05) is 0 Å². The summed E-state index contributed by atoms with van der Waals surface area (Å²) in [6.07, 6.45) is 2.74. The molecule has 1 saturated heterocycles. The van der Waals surface area contributed by atoms with Gasteiger partial charge in [-0.2, -0.15) is 0 Å². The molecule has 1 heterocycles. The van der Waals surface area contributed by atoms with Crippen LogP contribution in [0.2, 0.25) is 0 Å². The van der Waals surface area contributed by atoms with Gasteiger partial charge < -0.3 is 5.73 Å². The second-order valence-corrected chi connectivity index (χ2v) is 2.81. The third-order valence-electron chi connectivity index (χ3n) is 1.00. The maximum absolute atomic E-state index is 10.7. The number of hydrogen-bond acceptors (Lipinski definition) is 4. The SMILES string of the molecule is NC=CC1SC(=O)NC1=O. The lowest BCUT2D eigenvalue weighted by molar-refractivity contribution is -0.118. The van der Waals surface area contributed by atoms with Crippen LogP contribution in [0.5, 0.6) is 0 Å². The van der Waals surface area contributed by atoms with Gasteiger partial charge in [0.1, 0.15) is 5.25 Å². The summed E-state index contributed by atoms with van der Waals surface area (Å²) in [6.45, 7) is 0.